The Hall–Kier alpha value is -3.46. The first-order chi connectivity index (χ1) is 15.9. The Balaban J connectivity index is 1.44. The molecule has 1 aliphatic carbocycles. The number of imidazole rings is 1. The van der Waals surface area contributed by atoms with E-state index >= 15 is 0 Å². The van der Waals surface area contributed by atoms with Crippen molar-refractivity contribution >= 4 is 34.2 Å². The second kappa shape index (κ2) is 9.58. The number of benzene rings is 1. The minimum absolute atomic E-state index is 0.320. The normalized spacial score (nSPS) is 15.9. The maximum atomic E-state index is 12.8. The van der Waals surface area contributed by atoms with Crippen LogP contribution in [0.5, 0.6) is 0 Å². The fourth-order valence-electron chi connectivity index (χ4n) is 3.84. The molecule has 1 amide bonds. The van der Waals surface area contributed by atoms with Crippen LogP contribution >= 0.6 is 11.3 Å². The van der Waals surface area contributed by atoms with Gasteiger partial charge in [-0.2, -0.15) is 0 Å². The lowest BCUT2D eigenvalue weighted by atomic mass is 9.88. The number of thiophene rings is 1. The molecule has 0 spiro atoms. The monoisotopic (exact) mass is 467 g/mol. The van der Waals surface area contributed by atoms with Crippen LogP contribution in [0.25, 0.3) is 11.4 Å². The number of amides is 1. The molecule has 0 bridgehead atoms. The number of ether oxygens (including phenoxy) is 2. The number of esters is 2. The van der Waals surface area contributed by atoms with E-state index in [-0.39, 0.29) is 0 Å². The summed E-state index contributed by atoms with van der Waals surface area (Å²) in [5.41, 5.74) is 2.50. The zero-order valence-corrected chi connectivity index (χ0v) is 19.5. The number of aromatic amines is 1. The Morgan fingerprint density at radius 2 is 1.97 bits per heavy atom. The first-order valence-corrected chi connectivity index (χ1v) is 11.5. The number of carbonyl (C=O) groups excluding carboxylic acids is 3. The highest BCUT2D eigenvalue weighted by molar-refractivity contribution is 7.17. The van der Waals surface area contributed by atoms with E-state index in [0.29, 0.717) is 27.9 Å². The smallest absolute Gasteiger partial charge is 0.341 e. The third-order valence-electron chi connectivity index (χ3n) is 5.68. The summed E-state index contributed by atoms with van der Waals surface area (Å²) in [6.45, 7) is 3.67. The molecular weight excluding hydrogens is 442 g/mol. The van der Waals surface area contributed by atoms with Gasteiger partial charge in [0.05, 0.1) is 18.2 Å². The molecule has 0 saturated heterocycles. The van der Waals surface area contributed by atoms with E-state index in [2.05, 4.69) is 22.2 Å². The van der Waals surface area contributed by atoms with Crippen LogP contribution in [0.2, 0.25) is 0 Å². The largest absolute Gasteiger partial charge is 0.465 e. The van der Waals surface area contributed by atoms with E-state index < -0.39 is 23.9 Å². The first kappa shape index (κ1) is 22.7. The van der Waals surface area contributed by atoms with Gasteiger partial charge in [-0.3, -0.25) is 4.79 Å². The van der Waals surface area contributed by atoms with Gasteiger partial charge in [-0.15, -0.1) is 11.3 Å². The van der Waals surface area contributed by atoms with Crippen molar-refractivity contribution in [1.82, 2.24) is 9.97 Å². The Kier molecular flexibility index (Phi) is 6.60. The number of anilines is 1. The summed E-state index contributed by atoms with van der Waals surface area (Å²) in [5.74, 6) is -0.386. The SMILES string of the molecule is COC(=O)c1c(NC(=O)C(C)OC(=O)c2ccc(-c3ncc[nH]3)cc2)sc2c1CCC(C)C2. The van der Waals surface area contributed by atoms with Gasteiger partial charge in [0.25, 0.3) is 5.91 Å². The zero-order valence-electron chi connectivity index (χ0n) is 18.6. The second-order valence-corrected chi connectivity index (χ2v) is 9.20. The molecule has 172 valence electrons. The fourth-order valence-corrected chi connectivity index (χ4v) is 5.24. The molecular formula is C24H25N3O5S. The molecule has 33 heavy (non-hydrogen) atoms. The molecule has 2 heterocycles. The van der Waals surface area contributed by atoms with Gasteiger partial charge in [0.15, 0.2) is 6.10 Å². The summed E-state index contributed by atoms with van der Waals surface area (Å²) in [6, 6.07) is 6.74. The average Bonchev–Trinajstić information content (AvgIpc) is 3.46. The Bertz CT molecular complexity index is 1170. The quantitative estimate of drug-likeness (QED) is 0.525. The summed E-state index contributed by atoms with van der Waals surface area (Å²) in [5, 5.41) is 3.21. The van der Waals surface area contributed by atoms with Crippen LogP contribution < -0.4 is 5.32 Å². The number of methoxy groups -OCH3 is 1. The van der Waals surface area contributed by atoms with Crippen molar-refractivity contribution < 1.29 is 23.9 Å². The van der Waals surface area contributed by atoms with Gasteiger partial charge in [-0.25, -0.2) is 14.6 Å². The predicted molar refractivity (Wildman–Crippen MR) is 124 cm³/mol. The Morgan fingerprint density at radius 3 is 2.64 bits per heavy atom. The van der Waals surface area contributed by atoms with E-state index in [1.807, 2.05) is 0 Å². The van der Waals surface area contributed by atoms with Gasteiger partial charge in [-0.05, 0) is 49.8 Å². The maximum absolute atomic E-state index is 12.8. The van der Waals surface area contributed by atoms with Gasteiger partial charge in [0, 0.05) is 22.8 Å². The second-order valence-electron chi connectivity index (χ2n) is 8.10. The number of hydrogen-bond donors (Lipinski definition) is 2. The van der Waals surface area contributed by atoms with Crippen molar-refractivity contribution in [3.63, 3.8) is 0 Å². The molecule has 2 aromatic heterocycles. The van der Waals surface area contributed by atoms with Gasteiger partial charge < -0.3 is 19.8 Å². The van der Waals surface area contributed by atoms with Crippen LogP contribution in [0.4, 0.5) is 5.00 Å². The van der Waals surface area contributed by atoms with Gasteiger partial charge in [-0.1, -0.05) is 19.1 Å². The van der Waals surface area contributed by atoms with E-state index in [9.17, 15) is 14.4 Å². The van der Waals surface area contributed by atoms with Crippen LogP contribution in [0.15, 0.2) is 36.7 Å². The number of fused-ring (bicyclic) bond motifs is 1. The third-order valence-corrected chi connectivity index (χ3v) is 6.85. The highest BCUT2D eigenvalue weighted by atomic mass is 32.1. The third kappa shape index (κ3) is 4.83. The number of carbonyl (C=O) groups is 3. The number of rotatable bonds is 6. The van der Waals surface area contributed by atoms with Crippen LogP contribution in [0.1, 0.15) is 51.4 Å². The number of aromatic nitrogens is 2. The first-order valence-electron chi connectivity index (χ1n) is 10.7. The number of nitrogens with zero attached hydrogens (tertiary/aromatic N) is 1. The van der Waals surface area contributed by atoms with Crippen LogP contribution in [-0.4, -0.2) is 41.0 Å². The lowest BCUT2D eigenvalue weighted by molar-refractivity contribution is -0.123. The molecule has 2 N–H and O–H groups in total. The molecule has 1 aliphatic rings. The Morgan fingerprint density at radius 1 is 1.21 bits per heavy atom. The summed E-state index contributed by atoms with van der Waals surface area (Å²) >= 11 is 1.39. The summed E-state index contributed by atoms with van der Waals surface area (Å²) in [7, 11) is 1.32. The Labute approximate surface area is 195 Å². The summed E-state index contributed by atoms with van der Waals surface area (Å²) < 4.78 is 10.3. The highest BCUT2D eigenvalue weighted by Gasteiger charge is 2.30. The molecule has 1 aromatic carbocycles. The topological polar surface area (TPSA) is 110 Å². The molecule has 0 aliphatic heterocycles. The molecule has 4 rings (SSSR count). The van der Waals surface area contributed by atoms with Crippen LogP contribution in [0, 0.1) is 5.92 Å². The highest BCUT2D eigenvalue weighted by Crippen LogP contribution is 2.40. The molecule has 0 saturated carbocycles. The van der Waals surface area contributed by atoms with Crippen molar-refractivity contribution in [2.24, 2.45) is 5.92 Å². The van der Waals surface area contributed by atoms with Crippen LogP contribution in [-0.2, 0) is 27.1 Å². The van der Waals surface area contributed by atoms with E-state index in [0.717, 1.165) is 35.3 Å². The minimum atomic E-state index is -1.05. The number of hydrogen-bond acceptors (Lipinski definition) is 7. The molecule has 3 aromatic rings. The van der Waals surface area contributed by atoms with E-state index in [1.165, 1.54) is 25.4 Å². The van der Waals surface area contributed by atoms with Crippen molar-refractivity contribution in [3.05, 3.63) is 58.2 Å². The number of nitrogens with one attached hydrogen (secondary N) is 2. The zero-order chi connectivity index (χ0) is 23.5. The lowest BCUT2D eigenvalue weighted by Crippen LogP contribution is -2.30. The molecule has 0 fully saturated rings. The minimum Gasteiger partial charge on any atom is -0.465 e. The molecule has 2 unspecified atom stereocenters. The molecule has 2 atom stereocenters. The van der Waals surface area contributed by atoms with Crippen LogP contribution in [0.3, 0.4) is 0 Å². The molecule has 0 radical (unpaired) electrons. The average molecular weight is 468 g/mol. The molecule has 8 nitrogen and oxygen atoms in total. The molecule has 9 heteroatoms. The fraction of sp³-hybridized carbons (Fsp3) is 0.333. The maximum Gasteiger partial charge on any atom is 0.341 e. The van der Waals surface area contributed by atoms with E-state index in [1.54, 1.807) is 36.7 Å². The standard InChI is InChI=1S/C24H25N3O5S/c1-13-4-9-17-18(12-13)33-22(19(17)24(30)31-3)27-21(28)14(2)32-23(29)16-7-5-15(6-8-16)20-25-10-11-26-20/h5-8,10-11,13-14H,4,9,12H2,1-3H3,(H,25,26)(H,27,28). The van der Waals surface area contributed by atoms with Crippen molar-refractivity contribution in [2.45, 2.75) is 39.2 Å². The predicted octanol–water partition coefficient (Wildman–Crippen LogP) is 4.23. The lowest BCUT2D eigenvalue weighted by Gasteiger charge is -2.18. The van der Waals surface area contributed by atoms with Gasteiger partial charge in [0.1, 0.15) is 10.8 Å². The summed E-state index contributed by atoms with van der Waals surface area (Å²) in [6.07, 6.45) is 4.92. The van der Waals surface area contributed by atoms with Crippen molar-refractivity contribution in [1.29, 1.82) is 0 Å². The van der Waals surface area contributed by atoms with Gasteiger partial charge in [0.2, 0.25) is 0 Å². The van der Waals surface area contributed by atoms with Crippen molar-refractivity contribution in [3.8, 4) is 11.4 Å². The van der Waals surface area contributed by atoms with E-state index in [4.69, 9.17) is 9.47 Å². The van der Waals surface area contributed by atoms with Crippen molar-refractivity contribution in [2.75, 3.05) is 12.4 Å². The van der Waals surface area contributed by atoms with Gasteiger partial charge >= 0.3 is 11.9 Å². The number of H-pyrrole nitrogens is 1. The summed E-state index contributed by atoms with van der Waals surface area (Å²) in [4.78, 5) is 46.0.